The van der Waals surface area contributed by atoms with E-state index in [9.17, 15) is 9.59 Å². The molecule has 2 heterocycles. The molecule has 3 heteroatoms. The zero-order valence-electron chi connectivity index (χ0n) is 22.4. The van der Waals surface area contributed by atoms with Crippen molar-refractivity contribution in [3.63, 3.8) is 0 Å². The van der Waals surface area contributed by atoms with Gasteiger partial charge in [-0.2, -0.15) is 0 Å². The van der Waals surface area contributed by atoms with Gasteiger partial charge in [0.15, 0.2) is 10.9 Å². The van der Waals surface area contributed by atoms with Crippen LogP contribution in [0.3, 0.4) is 0 Å². The molecule has 0 unspecified atom stereocenters. The third-order valence-corrected chi connectivity index (χ3v) is 9.74. The van der Waals surface area contributed by atoms with Gasteiger partial charge in [-0.15, -0.1) is 0 Å². The number of nitrogens with zero attached hydrogens (tertiary/aromatic N) is 1. The Bertz CT molecular complexity index is 2580. The van der Waals surface area contributed by atoms with Gasteiger partial charge in [0.05, 0.1) is 22.0 Å². The fourth-order valence-electron chi connectivity index (χ4n) is 8.17. The van der Waals surface area contributed by atoms with Crippen molar-refractivity contribution < 1.29 is 0 Å². The van der Waals surface area contributed by atoms with Gasteiger partial charge in [-0.1, -0.05) is 91.0 Å². The van der Waals surface area contributed by atoms with E-state index in [1.54, 1.807) is 0 Å². The molecule has 194 valence electrons. The highest BCUT2D eigenvalue weighted by Crippen LogP contribution is 2.63. The number of aromatic nitrogens is 1. The van der Waals surface area contributed by atoms with Gasteiger partial charge in [0.25, 0.3) is 0 Å². The Morgan fingerprint density at radius 3 is 1.55 bits per heavy atom. The maximum atomic E-state index is 14.2. The van der Waals surface area contributed by atoms with Gasteiger partial charge < -0.3 is 4.40 Å². The third kappa shape index (κ3) is 2.34. The number of hydrogen-bond acceptors (Lipinski definition) is 2. The van der Waals surface area contributed by atoms with Gasteiger partial charge in [0, 0.05) is 21.5 Å². The molecule has 6 aromatic carbocycles. The maximum absolute atomic E-state index is 14.2. The van der Waals surface area contributed by atoms with Crippen LogP contribution in [0.1, 0.15) is 22.3 Å². The summed E-state index contributed by atoms with van der Waals surface area (Å²) in [5.74, 6) is 0. The first-order chi connectivity index (χ1) is 20.7. The maximum Gasteiger partial charge on any atom is 0.197 e. The molecule has 0 aliphatic heterocycles. The largest absolute Gasteiger partial charge is 0.307 e. The zero-order valence-corrected chi connectivity index (χ0v) is 22.4. The van der Waals surface area contributed by atoms with Crippen molar-refractivity contribution in [2.24, 2.45) is 0 Å². The SMILES string of the molecule is O=c1c2ccccc2n2c3cc4c(cc3c(=O)c3cccc1c32)-c1ccccc1C41c2ccccc2-c2ccccc21. The lowest BCUT2D eigenvalue weighted by atomic mass is 9.70. The quantitative estimate of drug-likeness (QED) is 0.146. The van der Waals surface area contributed by atoms with Gasteiger partial charge in [-0.3, -0.25) is 9.59 Å². The van der Waals surface area contributed by atoms with Crippen LogP contribution in [0.2, 0.25) is 0 Å². The average Bonchev–Trinajstić information content (AvgIpc) is 3.51. The molecule has 0 amide bonds. The summed E-state index contributed by atoms with van der Waals surface area (Å²) in [6, 6.07) is 43.7. The Labute approximate surface area is 239 Å². The minimum absolute atomic E-state index is 0.0428. The predicted molar refractivity (Wildman–Crippen MR) is 170 cm³/mol. The molecule has 0 radical (unpaired) electrons. The van der Waals surface area contributed by atoms with E-state index in [1.807, 2.05) is 42.5 Å². The van der Waals surface area contributed by atoms with Gasteiger partial charge in [0.2, 0.25) is 0 Å². The number of benzene rings is 6. The molecule has 2 aromatic heterocycles. The molecule has 0 atom stereocenters. The van der Waals surface area contributed by atoms with Crippen LogP contribution in [0.5, 0.6) is 0 Å². The summed E-state index contributed by atoms with van der Waals surface area (Å²) in [5.41, 5.74) is 11.4. The molecule has 0 fully saturated rings. The van der Waals surface area contributed by atoms with Crippen molar-refractivity contribution in [3.8, 4) is 22.3 Å². The van der Waals surface area contributed by atoms with Crippen LogP contribution < -0.4 is 10.9 Å². The first kappa shape index (κ1) is 22.2. The molecule has 0 saturated heterocycles. The van der Waals surface area contributed by atoms with Gasteiger partial charge >= 0.3 is 0 Å². The first-order valence-electron chi connectivity index (χ1n) is 14.3. The fourth-order valence-corrected chi connectivity index (χ4v) is 8.17. The van der Waals surface area contributed by atoms with Crippen molar-refractivity contribution in [2.75, 3.05) is 0 Å². The molecule has 1 spiro atoms. The van der Waals surface area contributed by atoms with Crippen molar-refractivity contribution in [1.82, 2.24) is 4.40 Å². The standard InChI is InChI=1S/C39H21NO2/c41-37-25-13-4-8-19-34(25)40-35-21-33-28(20-29(35)38(42)27-15-9-14-26(37)36(27)40)24-12-3-7-18-32(24)39(33)30-16-5-1-10-22(30)23-11-2-6-17-31(23)39/h1-21H. The number of hydrogen-bond donors (Lipinski definition) is 0. The monoisotopic (exact) mass is 535 g/mol. The second-order valence-electron chi connectivity index (χ2n) is 11.5. The fraction of sp³-hybridized carbons (Fsp3) is 0.0256. The number of fused-ring (bicyclic) bond motifs is 14. The molecule has 3 nitrogen and oxygen atoms in total. The Morgan fingerprint density at radius 2 is 0.905 bits per heavy atom. The van der Waals surface area contributed by atoms with Crippen LogP contribution in [0.25, 0.3) is 60.3 Å². The zero-order chi connectivity index (χ0) is 27.7. The van der Waals surface area contributed by atoms with Crippen molar-refractivity contribution in [1.29, 1.82) is 0 Å². The molecule has 0 saturated carbocycles. The van der Waals surface area contributed by atoms with Crippen LogP contribution in [0.4, 0.5) is 0 Å². The number of pyridine rings is 2. The van der Waals surface area contributed by atoms with E-state index in [2.05, 4.69) is 89.3 Å². The van der Waals surface area contributed by atoms with E-state index in [0.717, 1.165) is 22.2 Å². The van der Waals surface area contributed by atoms with Crippen LogP contribution in [0.15, 0.2) is 137 Å². The summed E-state index contributed by atoms with van der Waals surface area (Å²) < 4.78 is 2.15. The van der Waals surface area contributed by atoms with E-state index in [4.69, 9.17) is 0 Å². The predicted octanol–water partition coefficient (Wildman–Crippen LogP) is 7.90. The lowest BCUT2D eigenvalue weighted by Crippen LogP contribution is -2.26. The molecule has 42 heavy (non-hydrogen) atoms. The molecular formula is C39H21NO2. The normalized spacial score (nSPS) is 14.1. The van der Waals surface area contributed by atoms with Crippen molar-refractivity contribution in [2.45, 2.75) is 5.41 Å². The highest BCUT2D eigenvalue weighted by atomic mass is 16.1. The van der Waals surface area contributed by atoms with E-state index >= 15 is 0 Å². The lowest BCUT2D eigenvalue weighted by Gasteiger charge is -2.30. The minimum atomic E-state index is -0.512. The van der Waals surface area contributed by atoms with Gasteiger partial charge in [-0.25, -0.2) is 0 Å². The molecule has 0 N–H and O–H groups in total. The van der Waals surface area contributed by atoms with Gasteiger partial charge in [0.1, 0.15) is 0 Å². The van der Waals surface area contributed by atoms with Crippen LogP contribution in [0, 0.1) is 0 Å². The topological polar surface area (TPSA) is 38.5 Å². The molecule has 2 aliphatic carbocycles. The Morgan fingerprint density at radius 1 is 0.405 bits per heavy atom. The van der Waals surface area contributed by atoms with E-state index < -0.39 is 5.41 Å². The third-order valence-electron chi connectivity index (χ3n) is 9.74. The average molecular weight is 536 g/mol. The Hall–Kier alpha value is -5.54. The van der Waals surface area contributed by atoms with E-state index in [1.165, 1.54) is 33.4 Å². The second kappa shape index (κ2) is 7.39. The Kier molecular flexibility index (Phi) is 3.91. The summed E-state index contributed by atoms with van der Waals surface area (Å²) in [5, 5.41) is 2.45. The summed E-state index contributed by atoms with van der Waals surface area (Å²) in [6.45, 7) is 0. The molecular weight excluding hydrogens is 514 g/mol. The summed E-state index contributed by atoms with van der Waals surface area (Å²) in [6.07, 6.45) is 0. The molecule has 2 aliphatic rings. The number of para-hydroxylation sites is 2. The Balaban J connectivity index is 1.49. The summed E-state index contributed by atoms with van der Waals surface area (Å²) in [7, 11) is 0. The molecule has 8 aromatic rings. The highest BCUT2D eigenvalue weighted by Gasteiger charge is 2.51. The number of rotatable bonds is 0. The van der Waals surface area contributed by atoms with Crippen LogP contribution in [-0.4, -0.2) is 4.40 Å². The summed E-state index contributed by atoms with van der Waals surface area (Å²) in [4.78, 5) is 27.9. The van der Waals surface area contributed by atoms with Crippen LogP contribution >= 0.6 is 0 Å². The van der Waals surface area contributed by atoms with E-state index in [-0.39, 0.29) is 10.9 Å². The molecule has 0 bridgehead atoms. The smallest absolute Gasteiger partial charge is 0.197 e. The van der Waals surface area contributed by atoms with Crippen molar-refractivity contribution in [3.05, 3.63) is 170 Å². The van der Waals surface area contributed by atoms with Gasteiger partial charge in [-0.05, 0) is 80.9 Å². The first-order valence-corrected chi connectivity index (χ1v) is 14.3. The van der Waals surface area contributed by atoms with Crippen molar-refractivity contribution >= 4 is 38.1 Å². The van der Waals surface area contributed by atoms with E-state index in [0.29, 0.717) is 27.1 Å². The highest BCUT2D eigenvalue weighted by molar-refractivity contribution is 6.09. The second-order valence-corrected chi connectivity index (χ2v) is 11.5. The van der Waals surface area contributed by atoms with Crippen LogP contribution in [-0.2, 0) is 5.41 Å². The summed E-state index contributed by atoms with van der Waals surface area (Å²) >= 11 is 0. The lowest BCUT2D eigenvalue weighted by molar-refractivity contribution is 0.794. The molecule has 10 rings (SSSR count). The minimum Gasteiger partial charge on any atom is -0.307 e.